The number of fused-ring (bicyclic) bond motifs is 1. The first-order chi connectivity index (χ1) is 11.3. The fourth-order valence-electron chi connectivity index (χ4n) is 4.03. The Labute approximate surface area is 151 Å². The molecule has 144 valence electrons. The molecule has 1 saturated heterocycles. The minimum absolute atomic E-state index is 0.00653. The molecule has 1 heterocycles. The zero-order valence-corrected chi connectivity index (χ0v) is 17.0. The third-order valence-electron chi connectivity index (χ3n) is 5.96. The SMILES string of the molecule is COCC1C(=O)OC2C(OC(=O)C(C)(CC(C)(C)C)C(C)(C)C)CC12. The molecule has 0 aromatic rings. The zero-order chi connectivity index (χ0) is 19.2. The van der Waals surface area contributed by atoms with Crippen molar-refractivity contribution in [1.29, 1.82) is 0 Å². The number of ether oxygens (including phenoxy) is 3. The summed E-state index contributed by atoms with van der Waals surface area (Å²) < 4.78 is 16.4. The number of carbonyl (C=O) groups is 2. The molecule has 5 unspecified atom stereocenters. The molecule has 0 N–H and O–H groups in total. The normalized spacial score (nSPS) is 31.6. The van der Waals surface area contributed by atoms with Crippen LogP contribution in [-0.4, -0.2) is 37.9 Å². The van der Waals surface area contributed by atoms with Gasteiger partial charge in [0.15, 0.2) is 0 Å². The molecule has 0 spiro atoms. The minimum atomic E-state index is -0.606. The molecule has 1 saturated carbocycles. The van der Waals surface area contributed by atoms with E-state index in [2.05, 4.69) is 41.5 Å². The van der Waals surface area contributed by atoms with Crippen molar-refractivity contribution in [3.05, 3.63) is 0 Å². The summed E-state index contributed by atoms with van der Waals surface area (Å²) in [4.78, 5) is 25.0. The van der Waals surface area contributed by atoms with Gasteiger partial charge in [-0.1, -0.05) is 41.5 Å². The molecular formula is C20H34O5. The zero-order valence-electron chi connectivity index (χ0n) is 17.0. The second-order valence-corrected chi connectivity index (χ2v) is 10.1. The summed E-state index contributed by atoms with van der Waals surface area (Å²) >= 11 is 0. The van der Waals surface area contributed by atoms with Gasteiger partial charge >= 0.3 is 11.9 Å². The third kappa shape index (κ3) is 3.86. The molecule has 2 fully saturated rings. The number of rotatable bonds is 5. The van der Waals surface area contributed by atoms with E-state index in [1.807, 2.05) is 6.92 Å². The average Bonchev–Trinajstić information content (AvgIpc) is 2.66. The Morgan fingerprint density at radius 1 is 1.16 bits per heavy atom. The summed E-state index contributed by atoms with van der Waals surface area (Å²) in [7, 11) is 1.58. The number of esters is 2. The predicted molar refractivity (Wildman–Crippen MR) is 94.9 cm³/mol. The average molecular weight is 354 g/mol. The van der Waals surface area contributed by atoms with Gasteiger partial charge in [0.1, 0.15) is 12.2 Å². The van der Waals surface area contributed by atoms with Crippen molar-refractivity contribution < 1.29 is 23.8 Å². The van der Waals surface area contributed by atoms with E-state index in [1.165, 1.54) is 0 Å². The highest BCUT2D eigenvalue weighted by Gasteiger charge is 2.59. The van der Waals surface area contributed by atoms with Crippen LogP contribution < -0.4 is 0 Å². The van der Waals surface area contributed by atoms with Crippen LogP contribution in [-0.2, 0) is 23.8 Å². The molecule has 0 bridgehead atoms. The first-order valence-electron chi connectivity index (χ1n) is 9.21. The molecule has 1 aliphatic carbocycles. The minimum Gasteiger partial charge on any atom is -0.458 e. The van der Waals surface area contributed by atoms with Gasteiger partial charge in [-0.15, -0.1) is 0 Å². The number of hydrogen-bond donors (Lipinski definition) is 0. The van der Waals surface area contributed by atoms with Crippen molar-refractivity contribution in [2.24, 2.45) is 28.1 Å². The monoisotopic (exact) mass is 354 g/mol. The smallest absolute Gasteiger partial charge is 0.312 e. The number of hydrogen-bond acceptors (Lipinski definition) is 5. The summed E-state index contributed by atoms with van der Waals surface area (Å²) in [6.07, 6.45) is 0.765. The predicted octanol–water partition coefficient (Wildman–Crippen LogP) is 3.59. The Balaban J connectivity index is 2.07. The summed E-state index contributed by atoms with van der Waals surface area (Å²) in [6.45, 7) is 15.0. The maximum absolute atomic E-state index is 13.1. The highest BCUT2D eigenvalue weighted by atomic mass is 16.6. The maximum Gasteiger partial charge on any atom is 0.312 e. The van der Waals surface area contributed by atoms with Gasteiger partial charge < -0.3 is 14.2 Å². The van der Waals surface area contributed by atoms with E-state index in [1.54, 1.807) is 7.11 Å². The standard InChI is InChI=1S/C20H34O5/c1-18(2,3)11-20(7,19(4,5)6)17(22)24-14-9-12-13(10-23-8)16(21)25-15(12)14/h12-15H,9-11H2,1-8H3. The van der Waals surface area contributed by atoms with Gasteiger partial charge in [-0.2, -0.15) is 0 Å². The van der Waals surface area contributed by atoms with Crippen molar-refractivity contribution in [3.63, 3.8) is 0 Å². The summed E-state index contributed by atoms with van der Waals surface area (Å²) in [5.41, 5.74) is -0.830. The Kier molecular flexibility index (Phi) is 5.31. The molecule has 1 aliphatic heterocycles. The fourth-order valence-corrected chi connectivity index (χ4v) is 4.03. The molecule has 5 nitrogen and oxygen atoms in total. The van der Waals surface area contributed by atoms with Crippen molar-refractivity contribution in [1.82, 2.24) is 0 Å². The molecule has 25 heavy (non-hydrogen) atoms. The first kappa shape index (κ1) is 20.2. The van der Waals surface area contributed by atoms with E-state index in [9.17, 15) is 9.59 Å². The molecule has 5 heteroatoms. The Morgan fingerprint density at radius 2 is 1.76 bits per heavy atom. The highest BCUT2D eigenvalue weighted by molar-refractivity contribution is 5.79. The Hall–Kier alpha value is -1.10. The van der Waals surface area contributed by atoms with Crippen LogP contribution >= 0.6 is 0 Å². The van der Waals surface area contributed by atoms with E-state index in [4.69, 9.17) is 14.2 Å². The van der Waals surface area contributed by atoms with Gasteiger partial charge in [-0.3, -0.25) is 9.59 Å². The van der Waals surface area contributed by atoms with Crippen LogP contribution in [0, 0.1) is 28.1 Å². The molecular weight excluding hydrogens is 320 g/mol. The fraction of sp³-hybridized carbons (Fsp3) is 0.900. The topological polar surface area (TPSA) is 61.8 Å². The summed E-state index contributed by atoms with van der Waals surface area (Å²) in [6, 6.07) is 0. The van der Waals surface area contributed by atoms with Crippen LogP contribution in [0.1, 0.15) is 61.3 Å². The van der Waals surface area contributed by atoms with E-state index < -0.39 is 5.41 Å². The lowest BCUT2D eigenvalue weighted by Crippen LogP contribution is -2.52. The highest BCUT2D eigenvalue weighted by Crippen LogP contribution is 2.50. The molecule has 2 rings (SSSR count). The lowest BCUT2D eigenvalue weighted by atomic mass is 9.61. The van der Waals surface area contributed by atoms with Crippen LogP contribution in [0.4, 0.5) is 0 Å². The third-order valence-corrected chi connectivity index (χ3v) is 5.96. The second-order valence-electron chi connectivity index (χ2n) is 10.1. The van der Waals surface area contributed by atoms with E-state index in [0.717, 1.165) is 6.42 Å². The van der Waals surface area contributed by atoms with Crippen LogP contribution in [0.25, 0.3) is 0 Å². The van der Waals surface area contributed by atoms with Crippen molar-refractivity contribution in [2.45, 2.75) is 73.5 Å². The Bertz CT molecular complexity index is 527. The molecule has 0 amide bonds. The first-order valence-corrected chi connectivity index (χ1v) is 9.21. The lowest BCUT2D eigenvalue weighted by molar-refractivity contribution is -0.191. The maximum atomic E-state index is 13.1. The molecule has 5 atom stereocenters. The number of methoxy groups -OCH3 is 1. The van der Waals surface area contributed by atoms with E-state index in [0.29, 0.717) is 13.0 Å². The van der Waals surface area contributed by atoms with Crippen molar-refractivity contribution in [3.8, 4) is 0 Å². The quantitative estimate of drug-likeness (QED) is 0.706. The van der Waals surface area contributed by atoms with Crippen LogP contribution in [0.15, 0.2) is 0 Å². The van der Waals surface area contributed by atoms with Crippen LogP contribution in [0.5, 0.6) is 0 Å². The molecule has 0 aromatic heterocycles. The molecule has 0 aromatic carbocycles. The summed E-state index contributed by atoms with van der Waals surface area (Å²) in [5, 5.41) is 0. The summed E-state index contributed by atoms with van der Waals surface area (Å²) in [5.74, 6) is -0.546. The largest absolute Gasteiger partial charge is 0.458 e. The second kappa shape index (κ2) is 6.57. The van der Waals surface area contributed by atoms with Gasteiger partial charge in [-0.05, 0) is 30.6 Å². The lowest BCUT2D eigenvalue weighted by Gasteiger charge is -2.46. The van der Waals surface area contributed by atoms with Gasteiger partial charge in [-0.25, -0.2) is 0 Å². The van der Waals surface area contributed by atoms with Crippen molar-refractivity contribution in [2.75, 3.05) is 13.7 Å². The Morgan fingerprint density at radius 3 is 2.24 bits per heavy atom. The van der Waals surface area contributed by atoms with Crippen LogP contribution in [0.2, 0.25) is 0 Å². The van der Waals surface area contributed by atoms with Gasteiger partial charge in [0.2, 0.25) is 0 Å². The van der Waals surface area contributed by atoms with Gasteiger partial charge in [0.25, 0.3) is 0 Å². The van der Waals surface area contributed by atoms with Gasteiger partial charge in [0, 0.05) is 13.0 Å². The van der Waals surface area contributed by atoms with Crippen molar-refractivity contribution >= 4 is 11.9 Å². The van der Waals surface area contributed by atoms with E-state index in [-0.39, 0.29) is 46.8 Å². The van der Waals surface area contributed by atoms with Crippen LogP contribution in [0.3, 0.4) is 0 Å². The molecule has 2 aliphatic rings. The molecule has 0 radical (unpaired) electrons. The number of carbonyl (C=O) groups excluding carboxylic acids is 2. The van der Waals surface area contributed by atoms with Gasteiger partial charge in [0.05, 0.1) is 17.9 Å². The van der Waals surface area contributed by atoms with E-state index >= 15 is 0 Å².